The first kappa shape index (κ1) is 16.4. The van der Waals surface area contributed by atoms with Crippen LogP contribution in [0.15, 0.2) is 30.6 Å². The van der Waals surface area contributed by atoms with Crippen molar-refractivity contribution in [1.29, 1.82) is 0 Å². The van der Waals surface area contributed by atoms with Crippen LogP contribution in [0.25, 0.3) is 21.9 Å². The third-order valence-corrected chi connectivity index (χ3v) is 5.83. The number of aryl methyl sites for hydroxylation is 1. The Morgan fingerprint density at radius 3 is 2.80 bits per heavy atom. The van der Waals surface area contributed by atoms with E-state index in [0.29, 0.717) is 24.8 Å². The second-order valence-electron chi connectivity index (χ2n) is 6.53. The van der Waals surface area contributed by atoms with E-state index >= 15 is 0 Å². The monoisotopic (exact) mass is 358 g/mol. The third kappa shape index (κ3) is 3.12. The van der Waals surface area contributed by atoms with Crippen molar-refractivity contribution in [2.45, 2.75) is 25.8 Å². The van der Waals surface area contributed by atoms with E-state index in [9.17, 15) is 8.76 Å². The Kier molecular flexibility index (Phi) is 4.41. The lowest BCUT2D eigenvalue weighted by Crippen LogP contribution is -2.35. The van der Waals surface area contributed by atoms with Gasteiger partial charge >= 0.3 is 0 Å². The van der Waals surface area contributed by atoms with Crippen LogP contribution in [0.1, 0.15) is 19.3 Å². The van der Waals surface area contributed by atoms with Crippen LogP contribution in [0.3, 0.4) is 0 Å². The Morgan fingerprint density at radius 1 is 1.28 bits per heavy atom. The zero-order chi connectivity index (χ0) is 17.4. The Labute approximate surface area is 148 Å². The fraction of sp³-hybridized carbons (Fsp3) is 0.412. The van der Waals surface area contributed by atoms with Crippen molar-refractivity contribution < 1.29 is 8.76 Å². The van der Waals surface area contributed by atoms with Gasteiger partial charge in [-0.15, -0.1) is 0 Å². The Hall–Kier alpha value is -2.03. The third-order valence-electron chi connectivity index (χ3n) is 5.04. The molecule has 132 valence electrons. The highest BCUT2D eigenvalue weighted by Crippen LogP contribution is 2.28. The smallest absolute Gasteiger partial charge is 0.152 e. The number of nitrogen functional groups attached to an aromatic ring is 1. The molecule has 0 bridgehead atoms. The van der Waals surface area contributed by atoms with Gasteiger partial charge < -0.3 is 14.9 Å². The number of para-hydroxylation sites is 1. The summed E-state index contributed by atoms with van der Waals surface area (Å²) < 4.78 is 25.7. The number of anilines is 1. The van der Waals surface area contributed by atoms with Gasteiger partial charge in [0.1, 0.15) is 5.52 Å². The molecule has 0 radical (unpaired) electrons. The molecule has 3 aromatic rings. The molecule has 3 heterocycles. The molecule has 4 rings (SSSR count). The lowest BCUT2D eigenvalue weighted by molar-refractivity contribution is 0.252. The summed E-state index contributed by atoms with van der Waals surface area (Å²) in [5.74, 6) is 0.987. The van der Waals surface area contributed by atoms with Gasteiger partial charge in [-0.1, -0.05) is 18.2 Å². The van der Waals surface area contributed by atoms with Crippen LogP contribution < -0.4 is 5.73 Å². The number of nitrogens with two attached hydrogens (primary N) is 1. The van der Waals surface area contributed by atoms with Gasteiger partial charge in [0.15, 0.2) is 5.82 Å². The van der Waals surface area contributed by atoms with E-state index in [2.05, 4.69) is 14.5 Å². The van der Waals surface area contributed by atoms with E-state index in [1.807, 2.05) is 30.6 Å². The minimum Gasteiger partial charge on any atom is -0.760 e. The summed E-state index contributed by atoms with van der Waals surface area (Å²) in [6.45, 7) is 2.07. The fourth-order valence-electron chi connectivity index (χ4n) is 3.64. The highest BCUT2D eigenvalue weighted by atomic mass is 32.2. The van der Waals surface area contributed by atoms with Gasteiger partial charge in [0.25, 0.3) is 0 Å². The van der Waals surface area contributed by atoms with Crippen molar-refractivity contribution in [3.05, 3.63) is 30.6 Å². The number of aromatic nitrogens is 3. The maximum Gasteiger partial charge on any atom is 0.152 e. The van der Waals surface area contributed by atoms with Crippen molar-refractivity contribution in [3.8, 4) is 0 Å². The van der Waals surface area contributed by atoms with Crippen LogP contribution in [-0.2, 0) is 17.8 Å². The van der Waals surface area contributed by atoms with Crippen LogP contribution in [0.4, 0.5) is 5.82 Å². The van der Waals surface area contributed by atoms with Gasteiger partial charge in [-0.25, -0.2) is 14.3 Å². The van der Waals surface area contributed by atoms with Crippen LogP contribution in [0, 0.1) is 5.92 Å². The standard InChI is InChI=1S/C17H21N5O2S/c18-17-15-16(13-3-1-2-4-14(13)20-17)21(11-19-15)8-5-12-6-9-22(10-7-12)25(23)24/h1-4,11-12H,5-10H2,(H2,18,20)(H,23,24)/p-1. The second-order valence-corrected chi connectivity index (χ2v) is 7.48. The van der Waals surface area contributed by atoms with Crippen molar-refractivity contribution in [2.24, 2.45) is 5.92 Å². The molecule has 25 heavy (non-hydrogen) atoms. The molecule has 1 atom stereocenters. The fourth-order valence-corrected chi connectivity index (χ4v) is 4.15. The minimum atomic E-state index is -2.09. The number of rotatable bonds is 4. The lowest BCUT2D eigenvalue weighted by atomic mass is 9.94. The summed E-state index contributed by atoms with van der Waals surface area (Å²) in [5.41, 5.74) is 8.72. The van der Waals surface area contributed by atoms with Crippen LogP contribution in [0.5, 0.6) is 0 Å². The Balaban J connectivity index is 1.55. The van der Waals surface area contributed by atoms with Crippen LogP contribution in [0.2, 0.25) is 0 Å². The largest absolute Gasteiger partial charge is 0.760 e. The molecule has 2 N–H and O–H groups in total. The topological polar surface area (TPSA) is 100 Å². The lowest BCUT2D eigenvalue weighted by Gasteiger charge is -2.32. The molecule has 1 saturated heterocycles. The van der Waals surface area contributed by atoms with Gasteiger partial charge in [-0.05, 0) is 31.2 Å². The number of nitrogens with zero attached hydrogens (tertiary/aromatic N) is 4. The molecule has 1 unspecified atom stereocenters. The molecule has 0 spiro atoms. The summed E-state index contributed by atoms with van der Waals surface area (Å²) in [6, 6.07) is 7.95. The van der Waals surface area contributed by atoms with Crippen LogP contribution >= 0.6 is 0 Å². The molecule has 0 amide bonds. The van der Waals surface area contributed by atoms with Gasteiger partial charge in [0.2, 0.25) is 0 Å². The highest BCUT2D eigenvalue weighted by molar-refractivity contribution is 7.76. The number of imidazole rings is 1. The molecule has 7 nitrogen and oxygen atoms in total. The zero-order valence-corrected chi connectivity index (χ0v) is 14.6. The molecule has 2 aromatic heterocycles. The molecule has 1 fully saturated rings. The maximum absolute atomic E-state index is 11.0. The second kappa shape index (κ2) is 6.70. The van der Waals surface area contributed by atoms with Crippen molar-refractivity contribution in [2.75, 3.05) is 18.8 Å². The quantitative estimate of drug-likeness (QED) is 0.720. The first-order chi connectivity index (χ1) is 12.1. The summed E-state index contributed by atoms with van der Waals surface area (Å²) in [4.78, 5) is 8.88. The molecule has 1 aliphatic rings. The molecular weight excluding hydrogens is 338 g/mol. The molecule has 0 saturated carbocycles. The average Bonchev–Trinajstić information content (AvgIpc) is 3.05. The summed E-state index contributed by atoms with van der Waals surface area (Å²) >= 11 is -2.09. The number of pyridine rings is 1. The van der Waals surface area contributed by atoms with E-state index in [1.54, 1.807) is 0 Å². The summed E-state index contributed by atoms with van der Waals surface area (Å²) in [6.07, 6.45) is 4.65. The van der Waals surface area contributed by atoms with Gasteiger partial charge in [0, 0.05) is 36.3 Å². The average molecular weight is 358 g/mol. The highest BCUT2D eigenvalue weighted by Gasteiger charge is 2.20. The number of hydrogen-bond acceptors (Lipinski definition) is 5. The van der Waals surface area contributed by atoms with Crippen molar-refractivity contribution >= 4 is 39.0 Å². The number of fused-ring (bicyclic) bond motifs is 3. The van der Waals surface area contributed by atoms with Crippen LogP contribution in [-0.4, -0.2) is 40.7 Å². The molecule has 1 aromatic carbocycles. The Morgan fingerprint density at radius 2 is 2.04 bits per heavy atom. The molecule has 8 heteroatoms. The first-order valence-electron chi connectivity index (χ1n) is 8.47. The zero-order valence-electron chi connectivity index (χ0n) is 13.8. The Bertz CT molecular complexity index is 933. The summed E-state index contributed by atoms with van der Waals surface area (Å²) in [5, 5.41) is 1.06. The van der Waals surface area contributed by atoms with Gasteiger partial charge in [0.05, 0.1) is 17.4 Å². The number of hydrogen-bond donors (Lipinski definition) is 1. The van der Waals surface area contributed by atoms with Gasteiger partial charge in [-0.3, -0.25) is 4.21 Å². The summed E-state index contributed by atoms with van der Waals surface area (Å²) in [7, 11) is 0. The normalized spacial score (nSPS) is 18.1. The van der Waals surface area contributed by atoms with E-state index in [1.165, 1.54) is 4.31 Å². The minimum absolute atomic E-state index is 0.457. The van der Waals surface area contributed by atoms with E-state index in [-0.39, 0.29) is 0 Å². The molecule has 1 aliphatic heterocycles. The molecular formula is C17H20N5O2S-. The number of benzene rings is 1. The first-order valence-corrected chi connectivity index (χ1v) is 9.50. The maximum atomic E-state index is 11.0. The van der Waals surface area contributed by atoms with E-state index < -0.39 is 11.3 Å². The molecule has 0 aliphatic carbocycles. The predicted octanol–water partition coefficient (Wildman–Crippen LogP) is 2.06. The van der Waals surface area contributed by atoms with Gasteiger partial charge in [-0.2, -0.15) is 0 Å². The van der Waals surface area contributed by atoms with Crippen molar-refractivity contribution in [3.63, 3.8) is 0 Å². The SMILES string of the molecule is Nc1nc2ccccc2c2c1ncn2CCC1CCN(S(=O)[O-])CC1. The van der Waals surface area contributed by atoms with Crippen molar-refractivity contribution in [1.82, 2.24) is 18.8 Å². The van der Waals surface area contributed by atoms with E-state index in [4.69, 9.17) is 5.73 Å². The number of piperidine rings is 1. The van der Waals surface area contributed by atoms with E-state index in [0.717, 1.165) is 47.7 Å². The predicted molar refractivity (Wildman–Crippen MR) is 97.3 cm³/mol.